The number of fused-ring (bicyclic) bond motifs is 1. The molecule has 0 spiro atoms. The van der Waals surface area contributed by atoms with Crippen molar-refractivity contribution in [3.8, 4) is 0 Å². The summed E-state index contributed by atoms with van der Waals surface area (Å²) in [4.78, 5) is 56.1. The van der Waals surface area contributed by atoms with Gasteiger partial charge >= 0.3 is 6.03 Å². The van der Waals surface area contributed by atoms with E-state index in [1.165, 1.54) is 23.5 Å². The van der Waals surface area contributed by atoms with Crippen LogP contribution in [-0.2, 0) is 0 Å². The van der Waals surface area contributed by atoms with E-state index >= 15 is 0 Å². The molecule has 0 atom stereocenters. The monoisotopic (exact) mass is 619 g/mol. The highest BCUT2D eigenvalue weighted by Crippen LogP contribution is 2.31. The molecule has 2 aromatic carbocycles. The summed E-state index contributed by atoms with van der Waals surface area (Å²) in [5, 5.41) is 8.54. The molecule has 0 aliphatic carbocycles. The Morgan fingerprint density at radius 2 is 1.62 bits per heavy atom. The van der Waals surface area contributed by atoms with Gasteiger partial charge in [-0.25, -0.2) is 19.7 Å². The standard InChI is InChI=1S/C29H23Cl2N7O3S/c30-23-13-19(14-24(31)36-23)32-29(41)38-10-8-17(9-11-38)27-33-22(15-42-27)26(40)37-28-34-20-7-6-18(12-21(20)35-28)25(39)16-4-2-1-3-5-16/h1-7,12-15,17H,8-11H2,(H,32,36,41)(H2,34,35,37,40). The predicted molar refractivity (Wildman–Crippen MR) is 163 cm³/mol. The first-order valence-electron chi connectivity index (χ1n) is 13.1. The van der Waals surface area contributed by atoms with E-state index in [1.54, 1.807) is 40.6 Å². The molecule has 212 valence electrons. The fraction of sp³-hybridized carbons (Fsp3) is 0.172. The van der Waals surface area contributed by atoms with Crippen LogP contribution in [-0.4, -0.2) is 55.6 Å². The number of ketones is 1. The Hall–Kier alpha value is -4.32. The number of halogens is 2. The molecule has 10 nitrogen and oxygen atoms in total. The molecule has 6 rings (SSSR count). The number of amides is 3. The molecular formula is C29H23Cl2N7O3S. The van der Waals surface area contributed by atoms with Gasteiger partial charge in [-0.3, -0.25) is 14.9 Å². The van der Waals surface area contributed by atoms with Gasteiger partial charge in [0.1, 0.15) is 16.0 Å². The van der Waals surface area contributed by atoms with Crippen molar-refractivity contribution in [2.75, 3.05) is 23.7 Å². The number of imidazole rings is 1. The third kappa shape index (κ3) is 6.13. The zero-order chi connectivity index (χ0) is 29.2. The van der Waals surface area contributed by atoms with Crippen molar-refractivity contribution in [2.24, 2.45) is 0 Å². The summed E-state index contributed by atoms with van der Waals surface area (Å²) in [6.45, 7) is 1.08. The van der Waals surface area contributed by atoms with Crippen LogP contribution in [0.2, 0.25) is 10.3 Å². The van der Waals surface area contributed by atoms with Gasteiger partial charge in [0.05, 0.1) is 16.0 Å². The molecule has 3 aromatic heterocycles. The molecule has 0 saturated carbocycles. The molecule has 3 amide bonds. The van der Waals surface area contributed by atoms with Gasteiger partial charge in [-0.2, -0.15) is 0 Å². The molecule has 1 saturated heterocycles. The maximum Gasteiger partial charge on any atom is 0.321 e. The summed E-state index contributed by atoms with van der Waals surface area (Å²) in [7, 11) is 0. The van der Waals surface area contributed by atoms with Gasteiger partial charge in [0, 0.05) is 41.2 Å². The van der Waals surface area contributed by atoms with Gasteiger partial charge in [-0.15, -0.1) is 11.3 Å². The number of hydrogen-bond acceptors (Lipinski definition) is 7. The predicted octanol–water partition coefficient (Wildman–Crippen LogP) is 6.62. The number of anilines is 2. The van der Waals surface area contributed by atoms with Gasteiger partial charge in [0.25, 0.3) is 5.91 Å². The van der Waals surface area contributed by atoms with E-state index in [0.717, 1.165) is 5.01 Å². The van der Waals surface area contributed by atoms with Crippen molar-refractivity contribution in [1.82, 2.24) is 24.8 Å². The molecule has 1 fully saturated rings. The van der Waals surface area contributed by atoms with Crippen molar-refractivity contribution >= 4 is 74.9 Å². The number of aromatic amines is 1. The number of thiazole rings is 1. The van der Waals surface area contributed by atoms with Crippen molar-refractivity contribution < 1.29 is 14.4 Å². The smallest absolute Gasteiger partial charge is 0.321 e. The third-order valence-corrected chi connectivity index (χ3v) is 8.31. The van der Waals surface area contributed by atoms with Gasteiger partial charge in [-0.05, 0) is 43.2 Å². The first-order chi connectivity index (χ1) is 20.3. The minimum atomic E-state index is -0.386. The van der Waals surface area contributed by atoms with E-state index in [2.05, 4.69) is 30.6 Å². The van der Waals surface area contributed by atoms with Crippen LogP contribution in [0.25, 0.3) is 11.0 Å². The molecule has 1 aliphatic rings. The third-order valence-electron chi connectivity index (χ3n) is 6.91. The van der Waals surface area contributed by atoms with Gasteiger partial charge in [-0.1, -0.05) is 53.5 Å². The van der Waals surface area contributed by atoms with Crippen LogP contribution < -0.4 is 10.6 Å². The van der Waals surface area contributed by atoms with Gasteiger partial charge < -0.3 is 15.2 Å². The fourth-order valence-corrected chi connectivity index (χ4v) is 6.22. The summed E-state index contributed by atoms with van der Waals surface area (Å²) in [6.07, 6.45) is 1.43. The second-order valence-corrected chi connectivity index (χ2v) is 11.4. The first-order valence-corrected chi connectivity index (χ1v) is 14.7. The number of nitrogens with zero attached hydrogens (tertiary/aromatic N) is 4. The van der Waals surface area contributed by atoms with Crippen LogP contribution >= 0.6 is 34.5 Å². The zero-order valence-corrected chi connectivity index (χ0v) is 24.3. The number of nitrogens with one attached hydrogen (secondary N) is 3. The number of aromatic nitrogens is 4. The average Bonchev–Trinajstić information content (AvgIpc) is 3.64. The van der Waals surface area contributed by atoms with Crippen molar-refractivity contribution in [3.05, 3.63) is 98.2 Å². The Bertz CT molecular complexity index is 1780. The number of rotatable bonds is 6. The largest absolute Gasteiger partial charge is 0.324 e. The van der Waals surface area contributed by atoms with Crippen molar-refractivity contribution in [3.63, 3.8) is 0 Å². The van der Waals surface area contributed by atoms with Gasteiger partial charge in [0.2, 0.25) is 5.95 Å². The normalized spacial score (nSPS) is 13.7. The lowest BCUT2D eigenvalue weighted by Crippen LogP contribution is -2.40. The Morgan fingerprint density at radius 1 is 0.881 bits per heavy atom. The van der Waals surface area contributed by atoms with Crippen LogP contribution in [0.15, 0.2) is 66.0 Å². The molecule has 1 aliphatic heterocycles. The second-order valence-electron chi connectivity index (χ2n) is 9.73. The summed E-state index contributed by atoms with van der Waals surface area (Å²) in [5.74, 6) is -0.0755. The number of carbonyl (C=O) groups is 3. The minimum Gasteiger partial charge on any atom is -0.324 e. The zero-order valence-electron chi connectivity index (χ0n) is 21.9. The number of piperidine rings is 1. The van der Waals surface area contributed by atoms with Crippen LogP contribution in [0.4, 0.5) is 16.4 Å². The van der Waals surface area contributed by atoms with E-state index in [1.807, 2.05) is 18.2 Å². The molecule has 4 heterocycles. The quantitative estimate of drug-likeness (QED) is 0.144. The first kappa shape index (κ1) is 27.8. The molecule has 0 bridgehead atoms. The Morgan fingerprint density at radius 3 is 2.36 bits per heavy atom. The molecular weight excluding hydrogens is 597 g/mol. The van der Waals surface area contributed by atoms with E-state index in [9.17, 15) is 14.4 Å². The van der Waals surface area contributed by atoms with Crippen LogP contribution in [0, 0.1) is 0 Å². The second kappa shape index (κ2) is 11.9. The lowest BCUT2D eigenvalue weighted by molar-refractivity contribution is 0.101. The lowest BCUT2D eigenvalue weighted by Gasteiger charge is -2.31. The van der Waals surface area contributed by atoms with Crippen molar-refractivity contribution in [1.29, 1.82) is 0 Å². The summed E-state index contributed by atoms with van der Waals surface area (Å²) < 4.78 is 0. The number of urea groups is 1. The van der Waals surface area contributed by atoms with Crippen molar-refractivity contribution in [2.45, 2.75) is 18.8 Å². The Balaban J connectivity index is 1.05. The highest BCUT2D eigenvalue weighted by molar-refractivity contribution is 7.10. The van der Waals surface area contributed by atoms with E-state index in [4.69, 9.17) is 23.2 Å². The highest BCUT2D eigenvalue weighted by Gasteiger charge is 2.27. The molecule has 3 N–H and O–H groups in total. The molecule has 13 heteroatoms. The summed E-state index contributed by atoms with van der Waals surface area (Å²) in [6, 6.07) is 17.1. The number of carbonyl (C=O) groups excluding carboxylic acids is 3. The maximum atomic E-state index is 12.9. The molecule has 5 aromatic rings. The maximum absolute atomic E-state index is 12.9. The number of hydrogen-bond donors (Lipinski definition) is 3. The molecule has 42 heavy (non-hydrogen) atoms. The topological polar surface area (TPSA) is 133 Å². The summed E-state index contributed by atoms with van der Waals surface area (Å²) in [5.41, 5.74) is 3.15. The summed E-state index contributed by atoms with van der Waals surface area (Å²) >= 11 is 13.3. The number of likely N-dealkylation sites (tertiary alicyclic amines) is 1. The van der Waals surface area contributed by atoms with Crippen LogP contribution in [0.5, 0.6) is 0 Å². The number of pyridine rings is 1. The number of H-pyrrole nitrogens is 1. The van der Waals surface area contributed by atoms with Crippen LogP contribution in [0.1, 0.15) is 50.2 Å². The van der Waals surface area contributed by atoms with E-state index in [0.29, 0.717) is 59.5 Å². The van der Waals surface area contributed by atoms with E-state index < -0.39 is 0 Å². The Kier molecular flexibility index (Phi) is 7.88. The fourth-order valence-electron chi connectivity index (χ4n) is 4.79. The highest BCUT2D eigenvalue weighted by atomic mass is 35.5. The average molecular weight is 621 g/mol. The molecule has 0 radical (unpaired) electrons. The SMILES string of the molecule is O=C(c1ccccc1)c1ccc2nc(NC(=O)c3csc(C4CCN(C(=O)Nc5cc(Cl)nc(Cl)c5)CC4)n3)[nH]c2c1. The molecule has 0 unspecified atom stereocenters. The minimum absolute atomic E-state index is 0.0947. The van der Waals surface area contributed by atoms with E-state index in [-0.39, 0.29) is 39.9 Å². The van der Waals surface area contributed by atoms with Gasteiger partial charge in [0.15, 0.2) is 5.78 Å². The number of benzene rings is 2. The lowest BCUT2D eigenvalue weighted by atomic mass is 9.98. The van der Waals surface area contributed by atoms with Crippen LogP contribution in [0.3, 0.4) is 0 Å². The Labute approximate surface area is 254 Å².